The van der Waals surface area contributed by atoms with Gasteiger partial charge in [-0.1, -0.05) is 78.9 Å². The molecule has 0 unspecified atom stereocenters. The van der Waals surface area contributed by atoms with Crippen molar-refractivity contribution in [3.8, 4) is 11.3 Å². The summed E-state index contributed by atoms with van der Waals surface area (Å²) < 4.78 is 2.21. The lowest BCUT2D eigenvalue weighted by atomic mass is 9.93. The molecule has 0 bridgehead atoms. The molecular weight excluding hydrogens is 376 g/mol. The Bertz CT molecular complexity index is 1550. The summed E-state index contributed by atoms with van der Waals surface area (Å²) >= 11 is 0. The Kier molecular flexibility index (Phi) is 4.21. The van der Waals surface area contributed by atoms with Gasteiger partial charge in [-0.3, -0.25) is 0 Å². The lowest BCUT2D eigenvalue weighted by Gasteiger charge is -2.12. The fourth-order valence-corrected chi connectivity index (χ4v) is 4.49. The van der Waals surface area contributed by atoms with Crippen LogP contribution in [0.25, 0.3) is 43.6 Å². The fourth-order valence-electron chi connectivity index (χ4n) is 4.49. The van der Waals surface area contributed by atoms with E-state index in [-0.39, 0.29) is 0 Å². The van der Waals surface area contributed by atoms with E-state index in [9.17, 15) is 0 Å². The minimum absolute atomic E-state index is 0.821. The lowest BCUT2D eigenvalue weighted by molar-refractivity contribution is -0.688. The van der Waals surface area contributed by atoms with Crippen LogP contribution in [0.15, 0.2) is 116 Å². The second kappa shape index (κ2) is 7.33. The van der Waals surface area contributed by atoms with Gasteiger partial charge in [0.15, 0.2) is 18.9 Å². The first-order valence-corrected chi connectivity index (χ1v) is 10.6. The molecule has 6 aromatic rings. The predicted octanol–water partition coefficient (Wildman–Crippen LogP) is 6.54. The van der Waals surface area contributed by atoms with Crippen LogP contribution in [-0.4, -0.2) is 4.98 Å². The van der Waals surface area contributed by atoms with Crippen molar-refractivity contribution in [2.75, 3.05) is 0 Å². The molecule has 31 heavy (non-hydrogen) atoms. The van der Waals surface area contributed by atoms with Gasteiger partial charge in [-0.15, -0.1) is 0 Å². The maximum atomic E-state index is 4.81. The maximum Gasteiger partial charge on any atom is 0.195 e. The predicted molar refractivity (Wildman–Crippen MR) is 128 cm³/mol. The summed E-state index contributed by atoms with van der Waals surface area (Å²) in [6, 6.07) is 34.6. The van der Waals surface area contributed by atoms with Gasteiger partial charge in [0.2, 0.25) is 0 Å². The van der Waals surface area contributed by atoms with Crippen molar-refractivity contribution in [3.63, 3.8) is 0 Å². The van der Waals surface area contributed by atoms with Crippen LogP contribution in [0.5, 0.6) is 0 Å². The van der Waals surface area contributed by atoms with E-state index in [0.717, 1.165) is 12.2 Å². The molecule has 0 radical (unpaired) electrons. The van der Waals surface area contributed by atoms with Gasteiger partial charge in [0, 0.05) is 11.1 Å². The van der Waals surface area contributed by atoms with Crippen LogP contribution in [0.3, 0.4) is 0 Å². The van der Waals surface area contributed by atoms with Gasteiger partial charge in [-0.25, -0.2) is 4.98 Å². The topological polar surface area (TPSA) is 16.8 Å². The molecule has 1 heterocycles. The second-order valence-electron chi connectivity index (χ2n) is 7.99. The van der Waals surface area contributed by atoms with Crippen molar-refractivity contribution < 1.29 is 4.57 Å². The third kappa shape index (κ3) is 3.23. The molecule has 0 atom stereocenters. The first kappa shape index (κ1) is 17.8. The Balaban J connectivity index is 1.62. The van der Waals surface area contributed by atoms with Crippen LogP contribution in [-0.2, 0) is 6.54 Å². The summed E-state index contributed by atoms with van der Waals surface area (Å²) in [7, 11) is 0. The monoisotopic (exact) mass is 397 g/mol. The van der Waals surface area contributed by atoms with Crippen molar-refractivity contribution in [3.05, 3.63) is 121 Å². The molecule has 0 saturated heterocycles. The Hall–Kier alpha value is -4.04. The molecule has 0 aliphatic heterocycles. The number of rotatable bonds is 3. The van der Waals surface area contributed by atoms with E-state index in [1.54, 1.807) is 0 Å². The molecule has 0 aliphatic rings. The van der Waals surface area contributed by atoms with Crippen molar-refractivity contribution in [1.29, 1.82) is 0 Å². The van der Waals surface area contributed by atoms with Crippen molar-refractivity contribution in [2.45, 2.75) is 6.54 Å². The number of hydrogen-bond donors (Lipinski definition) is 0. The summed E-state index contributed by atoms with van der Waals surface area (Å²) in [6.45, 7) is 0.821. The van der Waals surface area contributed by atoms with Crippen LogP contribution in [0.4, 0.5) is 0 Å². The molecule has 5 aromatic carbocycles. The van der Waals surface area contributed by atoms with Gasteiger partial charge in [0.1, 0.15) is 5.69 Å². The molecule has 0 aliphatic carbocycles. The minimum Gasteiger partial charge on any atom is -0.244 e. The third-order valence-corrected chi connectivity index (χ3v) is 5.95. The highest BCUT2D eigenvalue weighted by Crippen LogP contribution is 2.37. The van der Waals surface area contributed by atoms with E-state index in [1.165, 1.54) is 43.4 Å². The third-order valence-electron chi connectivity index (χ3n) is 5.95. The molecular formula is C29H21N2+. The van der Waals surface area contributed by atoms with Crippen molar-refractivity contribution in [2.24, 2.45) is 0 Å². The highest BCUT2D eigenvalue weighted by Gasteiger charge is 2.15. The maximum absolute atomic E-state index is 4.81. The summed E-state index contributed by atoms with van der Waals surface area (Å²) in [4.78, 5) is 4.81. The highest BCUT2D eigenvalue weighted by molar-refractivity contribution is 6.15. The zero-order chi connectivity index (χ0) is 20.6. The summed E-state index contributed by atoms with van der Waals surface area (Å²) in [6.07, 6.45) is 6.12. The number of nitrogens with zero attached hydrogens (tertiary/aromatic N) is 2. The zero-order valence-electron chi connectivity index (χ0n) is 17.1. The van der Waals surface area contributed by atoms with E-state index >= 15 is 0 Å². The van der Waals surface area contributed by atoms with Gasteiger partial charge < -0.3 is 0 Å². The van der Waals surface area contributed by atoms with Crippen molar-refractivity contribution >= 4 is 32.3 Å². The Morgan fingerprint density at radius 1 is 0.613 bits per heavy atom. The van der Waals surface area contributed by atoms with Crippen LogP contribution in [0.1, 0.15) is 5.56 Å². The molecule has 0 amide bonds. The van der Waals surface area contributed by atoms with Gasteiger partial charge >= 0.3 is 0 Å². The molecule has 0 spiro atoms. The van der Waals surface area contributed by atoms with Gasteiger partial charge in [0.25, 0.3) is 0 Å². The lowest BCUT2D eigenvalue weighted by Crippen LogP contribution is -2.33. The number of hydrogen-bond acceptors (Lipinski definition) is 1. The first-order valence-electron chi connectivity index (χ1n) is 10.6. The van der Waals surface area contributed by atoms with E-state index in [1.807, 2.05) is 12.4 Å². The molecule has 2 nitrogen and oxygen atoms in total. The minimum atomic E-state index is 0.821. The standard InChI is InChI=1S/C29H21N2/c1-2-8-21(9-3-1)19-31-15-14-30-28(20-31)29-26-13-7-6-12-24(26)17-25-16-22-10-4-5-11-23(22)18-27(25)29/h1-18,20H,19H2/q+1. The molecule has 6 rings (SSSR count). The Morgan fingerprint density at radius 3 is 2.13 bits per heavy atom. The normalized spacial score (nSPS) is 11.4. The number of fused-ring (bicyclic) bond motifs is 3. The zero-order valence-corrected chi connectivity index (χ0v) is 17.1. The summed E-state index contributed by atoms with van der Waals surface area (Å²) in [5.74, 6) is 0. The molecule has 0 fully saturated rings. The van der Waals surface area contributed by atoms with Crippen molar-refractivity contribution in [1.82, 2.24) is 4.98 Å². The smallest absolute Gasteiger partial charge is 0.195 e. The summed E-state index contributed by atoms with van der Waals surface area (Å²) in [5.41, 5.74) is 3.47. The second-order valence-corrected chi connectivity index (χ2v) is 7.99. The van der Waals surface area contributed by atoms with E-state index in [0.29, 0.717) is 0 Å². The van der Waals surface area contributed by atoms with Crippen LogP contribution in [0.2, 0.25) is 0 Å². The Morgan fingerprint density at radius 2 is 1.29 bits per heavy atom. The van der Waals surface area contributed by atoms with Gasteiger partial charge in [-0.05, 0) is 50.5 Å². The molecule has 0 N–H and O–H groups in total. The van der Waals surface area contributed by atoms with Crippen LogP contribution >= 0.6 is 0 Å². The summed E-state index contributed by atoms with van der Waals surface area (Å²) in [5, 5.41) is 7.46. The number of benzene rings is 5. The van der Waals surface area contributed by atoms with E-state index < -0.39 is 0 Å². The first-order chi connectivity index (χ1) is 15.3. The van der Waals surface area contributed by atoms with Crippen LogP contribution < -0.4 is 4.57 Å². The average Bonchev–Trinajstić information content (AvgIpc) is 2.82. The molecule has 0 saturated carbocycles. The fraction of sp³-hybridized carbons (Fsp3) is 0.0345. The molecule has 2 heteroatoms. The quantitative estimate of drug-likeness (QED) is 0.245. The number of aromatic nitrogens is 2. The van der Waals surface area contributed by atoms with E-state index in [2.05, 4.69) is 108 Å². The molecule has 146 valence electrons. The average molecular weight is 398 g/mol. The van der Waals surface area contributed by atoms with Gasteiger partial charge in [-0.2, -0.15) is 4.57 Å². The van der Waals surface area contributed by atoms with Crippen LogP contribution in [0, 0.1) is 0 Å². The SMILES string of the molecule is c1ccc(C[n+]2ccnc(-c3c4ccccc4cc4cc5ccccc5cc34)c2)cc1. The highest BCUT2D eigenvalue weighted by atomic mass is 15.0. The molecule has 1 aromatic heterocycles. The van der Waals surface area contributed by atoms with E-state index in [4.69, 9.17) is 4.98 Å². The Labute approximate surface area is 181 Å². The largest absolute Gasteiger partial charge is 0.244 e. The van der Waals surface area contributed by atoms with Gasteiger partial charge in [0.05, 0.1) is 6.20 Å².